The van der Waals surface area contributed by atoms with Crippen LogP contribution in [0.1, 0.15) is 40.3 Å². The maximum atomic E-state index is 14.7. The fourth-order valence-corrected chi connectivity index (χ4v) is 5.89. The monoisotopic (exact) mass is 653 g/mol. The third-order valence-electron chi connectivity index (χ3n) is 8.37. The molecule has 2 aliphatic rings. The number of carbonyl (C=O) groups excluding carboxylic acids is 1. The highest BCUT2D eigenvalue weighted by Crippen LogP contribution is 2.44. The Labute approximate surface area is 278 Å². The van der Waals surface area contributed by atoms with E-state index in [9.17, 15) is 4.79 Å². The van der Waals surface area contributed by atoms with Gasteiger partial charge in [-0.15, -0.1) is 0 Å². The summed E-state index contributed by atoms with van der Waals surface area (Å²) in [7, 11) is 0. The Hall–Kier alpha value is -5.10. The minimum atomic E-state index is -1.49. The van der Waals surface area contributed by atoms with E-state index in [4.69, 9.17) is 35.4 Å². The number of carbonyl (C=O) groups is 1. The number of azide groups is 2. The van der Waals surface area contributed by atoms with Crippen molar-refractivity contribution in [2.75, 3.05) is 52.6 Å². The van der Waals surface area contributed by atoms with Gasteiger partial charge in [0.25, 0.3) is 5.91 Å². The lowest BCUT2D eigenvalue weighted by atomic mass is 9.79. The van der Waals surface area contributed by atoms with Crippen molar-refractivity contribution in [1.29, 1.82) is 0 Å². The van der Waals surface area contributed by atoms with Crippen LogP contribution in [-0.4, -0.2) is 80.0 Å². The molecule has 14 nitrogen and oxygen atoms in total. The van der Waals surface area contributed by atoms with Crippen LogP contribution < -0.4 is 10.1 Å². The number of amides is 1. The number of ether oxygens (including phenoxy) is 3. The fraction of sp³-hybridized carbons (Fsp3) is 0.412. The minimum absolute atomic E-state index is 0.0356. The second-order valence-electron chi connectivity index (χ2n) is 11.4. The van der Waals surface area contributed by atoms with E-state index in [-0.39, 0.29) is 37.9 Å². The molecule has 3 aromatic rings. The van der Waals surface area contributed by atoms with Gasteiger partial charge in [-0.25, -0.2) is 4.99 Å². The molecule has 14 heteroatoms. The number of morpholine rings is 1. The number of benzene rings is 3. The SMILES string of the molecule is [N-]=[N+]=NCc1ccccc1C[C@]1(C(=O)NCCN2CCOCC2)N=C(c2ccc(OCCCO)cc2)O[C@H]1c1ccccc1CN=[N+]=[N-]. The third kappa shape index (κ3) is 8.43. The number of rotatable bonds is 16. The first-order chi connectivity index (χ1) is 23.6. The van der Waals surface area contributed by atoms with Crippen LogP contribution in [0.25, 0.3) is 20.9 Å². The lowest BCUT2D eigenvalue weighted by Gasteiger charge is -2.33. The molecule has 2 N–H and O–H groups in total. The van der Waals surface area contributed by atoms with Gasteiger partial charge in [-0.2, -0.15) is 0 Å². The summed E-state index contributed by atoms with van der Waals surface area (Å²) < 4.78 is 17.9. The third-order valence-corrected chi connectivity index (χ3v) is 8.37. The molecule has 0 spiro atoms. The Kier molecular flexibility index (Phi) is 12.2. The van der Waals surface area contributed by atoms with Crippen molar-refractivity contribution >= 4 is 11.8 Å². The molecule has 0 radical (unpaired) electrons. The van der Waals surface area contributed by atoms with E-state index in [1.165, 1.54) is 0 Å². The highest BCUT2D eigenvalue weighted by molar-refractivity contribution is 6.01. The van der Waals surface area contributed by atoms with Gasteiger partial charge in [0.1, 0.15) is 5.75 Å². The first kappa shape index (κ1) is 34.2. The largest absolute Gasteiger partial charge is 0.494 e. The lowest BCUT2D eigenvalue weighted by molar-refractivity contribution is -0.129. The van der Waals surface area contributed by atoms with Crippen molar-refractivity contribution in [1.82, 2.24) is 10.2 Å². The molecule has 0 unspecified atom stereocenters. The molecular formula is C34H39N9O5. The average Bonchev–Trinajstić information content (AvgIpc) is 3.51. The zero-order valence-corrected chi connectivity index (χ0v) is 26.6. The molecule has 1 fully saturated rings. The van der Waals surface area contributed by atoms with Crippen LogP contribution in [0, 0.1) is 0 Å². The Bertz CT molecular complexity index is 1670. The summed E-state index contributed by atoms with van der Waals surface area (Å²) in [5.74, 6) is 0.578. The van der Waals surface area contributed by atoms with Crippen LogP contribution in [0.3, 0.4) is 0 Å². The van der Waals surface area contributed by atoms with Crippen LogP contribution in [0.4, 0.5) is 0 Å². The molecule has 2 heterocycles. The smallest absolute Gasteiger partial charge is 0.252 e. The molecule has 3 aromatic carbocycles. The van der Waals surface area contributed by atoms with Gasteiger partial charge in [-0.1, -0.05) is 58.8 Å². The summed E-state index contributed by atoms with van der Waals surface area (Å²) in [5.41, 5.74) is 20.3. The van der Waals surface area contributed by atoms with Crippen molar-refractivity contribution in [3.8, 4) is 5.75 Å². The Morgan fingerprint density at radius 2 is 1.65 bits per heavy atom. The van der Waals surface area contributed by atoms with Crippen molar-refractivity contribution in [3.63, 3.8) is 0 Å². The number of hydrogen-bond donors (Lipinski definition) is 2. The second-order valence-corrected chi connectivity index (χ2v) is 11.4. The molecule has 0 bridgehead atoms. The van der Waals surface area contributed by atoms with E-state index in [1.807, 2.05) is 60.7 Å². The highest BCUT2D eigenvalue weighted by Gasteiger charge is 2.54. The quantitative estimate of drug-likeness (QED) is 0.0944. The number of nitrogens with zero attached hydrogens (tertiary/aromatic N) is 8. The van der Waals surface area contributed by atoms with Crippen LogP contribution in [0.5, 0.6) is 5.75 Å². The van der Waals surface area contributed by atoms with Gasteiger partial charge in [0.2, 0.25) is 5.90 Å². The van der Waals surface area contributed by atoms with Crippen LogP contribution in [0.15, 0.2) is 88.0 Å². The molecule has 1 amide bonds. The van der Waals surface area contributed by atoms with E-state index in [2.05, 4.69) is 30.3 Å². The van der Waals surface area contributed by atoms with Gasteiger partial charge in [-0.05, 0) is 57.6 Å². The van der Waals surface area contributed by atoms with Gasteiger partial charge >= 0.3 is 0 Å². The maximum Gasteiger partial charge on any atom is 0.252 e. The fourth-order valence-electron chi connectivity index (χ4n) is 5.89. The number of aliphatic hydroxyl groups excluding tert-OH is 1. The molecular weight excluding hydrogens is 614 g/mol. The minimum Gasteiger partial charge on any atom is -0.494 e. The van der Waals surface area contributed by atoms with E-state index in [1.54, 1.807) is 12.1 Å². The first-order valence-corrected chi connectivity index (χ1v) is 15.9. The molecule has 0 aliphatic carbocycles. The summed E-state index contributed by atoms with van der Waals surface area (Å²) in [5, 5.41) is 19.9. The van der Waals surface area contributed by atoms with Crippen LogP contribution >= 0.6 is 0 Å². The summed E-state index contributed by atoms with van der Waals surface area (Å²) in [6.07, 6.45) is -0.243. The summed E-state index contributed by atoms with van der Waals surface area (Å²) in [6.45, 7) is 4.48. The average molecular weight is 654 g/mol. The summed E-state index contributed by atoms with van der Waals surface area (Å²) in [6, 6.07) is 22.1. The number of aliphatic imine (C=N–C) groups is 1. The standard InChI is InChI=1S/C34H39N9O5/c35-41-38-23-27-7-2-1-6-26(27)22-34(33(45)37-14-15-43-16-20-46-21-17-43)31(30-9-4-3-8-28(30)24-39-42-36)48-32(40-34)25-10-12-29(13-11-25)47-19-5-18-44/h1-4,6-13,31,44H,5,14-24H2,(H,37,45)/t31-,34-/m0/s1. The summed E-state index contributed by atoms with van der Waals surface area (Å²) >= 11 is 0. The van der Waals surface area contributed by atoms with Crippen molar-refractivity contribution < 1.29 is 24.1 Å². The van der Waals surface area contributed by atoms with Crippen molar-refractivity contribution in [3.05, 3.63) is 121 Å². The van der Waals surface area contributed by atoms with Crippen LogP contribution in [-0.2, 0) is 33.8 Å². The molecule has 48 heavy (non-hydrogen) atoms. The topological polar surface area (TPSA) is 190 Å². The van der Waals surface area contributed by atoms with Gasteiger partial charge in [0.05, 0.1) is 32.9 Å². The molecule has 250 valence electrons. The van der Waals surface area contributed by atoms with E-state index >= 15 is 0 Å². The first-order valence-electron chi connectivity index (χ1n) is 15.9. The van der Waals surface area contributed by atoms with Crippen LogP contribution in [0.2, 0.25) is 0 Å². The van der Waals surface area contributed by atoms with Gasteiger partial charge < -0.3 is 24.6 Å². The predicted molar refractivity (Wildman–Crippen MR) is 179 cm³/mol. The molecule has 0 aromatic heterocycles. The normalized spacial score (nSPS) is 18.9. The Balaban J connectivity index is 1.58. The highest BCUT2D eigenvalue weighted by atomic mass is 16.5. The Morgan fingerprint density at radius 3 is 2.35 bits per heavy atom. The maximum absolute atomic E-state index is 14.7. The number of aliphatic hydroxyl groups is 1. The van der Waals surface area contributed by atoms with E-state index in [0.717, 1.165) is 24.2 Å². The van der Waals surface area contributed by atoms with E-state index < -0.39 is 11.6 Å². The molecule has 2 atom stereocenters. The van der Waals surface area contributed by atoms with Gasteiger partial charge in [0.15, 0.2) is 11.6 Å². The number of nitrogens with one attached hydrogen (secondary N) is 1. The van der Waals surface area contributed by atoms with Gasteiger partial charge in [0, 0.05) is 61.0 Å². The Morgan fingerprint density at radius 1 is 0.979 bits per heavy atom. The number of hydrogen-bond acceptors (Lipinski definition) is 9. The molecule has 2 aliphatic heterocycles. The van der Waals surface area contributed by atoms with Crippen molar-refractivity contribution in [2.24, 2.45) is 15.2 Å². The summed E-state index contributed by atoms with van der Waals surface area (Å²) in [4.78, 5) is 27.9. The zero-order valence-electron chi connectivity index (χ0n) is 26.6. The molecule has 1 saturated heterocycles. The molecule has 5 rings (SSSR count). The van der Waals surface area contributed by atoms with Gasteiger partial charge in [-0.3, -0.25) is 9.69 Å². The predicted octanol–water partition coefficient (Wildman–Crippen LogP) is 5.02. The van der Waals surface area contributed by atoms with E-state index in [0.29, 0.717) is 61.8 Å². The van der Waals surface area contributed by atoms with Crippen molar-refractivity contribution in [2.45, 2.75) is 37.6 Å². The lowest BCUT2D eigenvalue weighted by Crippen LogP contribution is -2.52. The second kappa shape index (κ2) is 17.2. The molecule has 0 saturated carbocycles. The zero-order chi connectivity index (χ0) is 33.6.